The summed E-state index contributed by atoms with van der Waals surface area (Å²) >= 11 is 0. The van der Waals surface area contributed by atoms with Crippen molar-refractivity contribution in [1.29, 1.82) is 0 Å². The maximum atomic E-state index is 13.1. The predicted molar refractivity (Wildman–Crippen MR) is 148 cm³/mol. The van der Waals surface area contributed by atoms with Crippen LogP contribution in [0.4, 0.5) is 0 Å². The van der Waals surface area contributed by atoms with E-state index in [9.17, 15) is 9.59 Å². The lowest BCUT2D eigenvalue weighted by molar-refractivity contribution is -0.131. The molecule has 2 aromatic carbocycles. The average Bonchev–Trinajstić information content (AvgIpc) is 3.41. The van der Waals surface area contributed by atoms with Gasteiger partial charge in [-0.2, -0.15) is 4.98 Å². The highest BCUT2D eigenvalue weighted by atomic mass is 35.5. The summed E-state index contributed by atoms with van der Waals surface area (Å²) < 4.78 is 16.0. The van der Waals surface area contributed by atoms with Crippen LogP contribution in [0.1, 0.15) is 41.0 Å². The lowest BCUT2D eigenvalue weighted by Crippen LogP contribution is -2.48. The molecule has 1 aliphatic heterocycles. The maximum Gasteiger partial charge on any atom is 0.257 e. The van der Waals surface area contributed by atoms with Crippen LogP contribution in [0.15, 0.2) is 53.1 Å². The Morgan fingerprint density at radius 2 is 1.77 bits per heavy atom. The Hall–Kier alpha value is -3.63. The number of piperazine rings is 1. The number of ether oxygens (including phenoxy) is 2. The minimum absolute atomic E-state index is 0. The van der Waals surface area contributed by atoms with E-state index < -0.39 is 0 Å². The molecule has 0 aliphatic carbocycles. The first-order valence-corrected chi connectivity index (χ1v) is 12.9. The van der Waals surface area contributed by atoms with E-state index in [-0.39, 0.29) is 24.2 Å². The molecule has 1 aromatic heterocycles. The van der Waals surface area contributed by atoms with Gasteiger partial charge in [0.15, 0.2) is 5.82 Å². The van der Waals surface area contributed by atoms with Gasteiger partial charge in [-0.15, -0.1) is 12.4 Å². The van der Waals surface area contributed by atoms with E-state index in [1.165, 1.54) is 0 Å². The van der Waals surface area contributed by atoms with Crippen molar-refractivity contribution in [2.75, 3.05) is 46.9 Å². The Bertz CT molecular complexity index is 1210. The van der Waals surface area contributed by atoms with Crippen molar-refractivity contribution in [1.82, 2.24) is 24.8 Å². The second-order valence-electron chi connectivity index (χ2n) is 9.13. The van der Waals surface area contributed by atoms with Crippen molar-refractivity contribution < 1.29 is 23.6 Å². The van der Waals surface area contributed by atoms with Crippen LogP contribution >= 0.6 is 12.4 Å². The van der Waals surface area contributed by atoms with Gasteiger partial charge in [0.2, 0.25) is 11.8 Å². The van der Waals surface area contributed by atoms with Crippen molar-refractivity contribution in [3.8, 4) is 11.5 Å². The molecule has 0 bridgehead atoms. The molecule has 0 spiro atoms. The van der Waals surface area contributed by atoms with E-state index in [2.05, 4.69) is 15.0 Å². The molecule has 2 amide bonds. The molecule has 2 heterocycles. The number of methoxy groups -OCH3 is 2. The Morgan fingerprint density at radius 1 is 1.03 bits per heavy atom. The molecule has 4 rings (SSSR count). The van der Waals surface area contributed by atoms with Crippen LogP contribution < -0.4 is 9.47 Å². The van der Waals surface area contributed by atoms with E-state index >= 15 is 0 Å². The minimum Gasteiger partial charge on any atom is -0.497 e. The molecule has 1 aliphatic rings. The van der Waals surface area contributed by atoms with Crippen molar-refractivity contribution in [2.24, 2.45) is 0 Å². The van der Waals surface area contributed by atoms with Gasteiger partial charge < -0.3 is 23.8 Å². The third kappa shape index (κ3) is 7.93. The summed E-state index contributed by atoms with van der Waals surface area (Å²) in [4.78, 5) is 36.1. The molecular formula is C28H36ClN5O5. The van der Waals surface area contributed by atoms with Gasteiger partial charge in [-0.05, 0) is 24.6 Å². The molecule has 0 radical (unpaired) electrons. The Balaban J connectivity index is 0.00000420. The van der Waals surface area contributed by atoms with Gasteiger partial charge in [0.25, 0.3) is 5.91 Å². The number of carbonyl (C=O) groups is 2. The summed E-state index contributed by atoms with van der Waals surface area (Å²) in [6.45, 7) is 6.29. The molecule has 3 aromatic rings. The first-order chi connectivity index (χ1) is 18.5. The zero-order valence-corrected chi connectivity index (χ0v) is 23.5. The predicted octanol–water partition coefficient (Wildman–Crippen LogP) is 3.45. The molecule has 210 valence electrons. The average molecular weight is 558 g/mol. The molecule has 10 nitrogen and oxygen atoms in total. The van der Waals surface area contributed by atoms with Gasteiger partial charge in [0, 0.05) is 58.2 Å². The standard InChI is InChI=1S/C28H35N5O5.ClH/c1-4-32(19-21-8-6-5-7-9-21)27(34)13-12-26-29-25(30-38-26)20-31-14-16-33(17-15-31)28(35)23-11-10-22(36-2)18-24(23)37-3;/h5-11,18H,4,12-17,19-20H2,1-3H3;1H. The molecule has 1 saturated heterocycles. The van der Waals surface area contributed by atoms with E-state index in [4.69, 9.17) is 14.0 Å². The normalized spacial score (nSPS) is 13.5. The zero-order chi connectivity index (χ0) is 26.9. The summed E-state index contributed by atoms with van der Waals surface area (Å²) in [5.41, 5.74) is 1.62. The fourth-order valence-corrected chi connectivity index (χ4v) is 4.46. The number of aryl methyl sites for hydroxylation is 1. The molecule has 0 unspecified atom stereocenters. The minimum atomic E-state index is -0.0657. The molecule has 39 heavy (non-hydrogen) atoms. The van der Waals surface area contributed by atoms with Crippen molar-refractivity contribution in [3.63, 3.8) is 0 Å². The quantitative estimate of drug-likeness (QED) is 0.353. The molecular weight excluding hydrogens is 522 g/mol. The van der Waals surface area contributed by atoms with E-state index in [1.54, 1.807) is 32.4 Å². The smallest absolute Gasteiger partial charge is 0.257 e. The Labute approximate surface area is 235 Å². The van der Waals surface area contributed by atoms with Crippen LogP contribution in [-0.4, -0.2) is 83.6 Å². The SMILES string of the molecule is CCN(Cc1ccccc1)C(=O)CCc1nc(CN2CCN(C(=O)c3ccc(OC)cc3OC)CC2)no1.Cl. The fourth-order valence-electron chi connectivity index (χ4n) is 4.46. The van der Waals surface area contributed by atoms with Crippen molar-refractivity contribution in [3.05, 3.63) is 71.4 Å². The van der Waals surface area contributed by atoms with Crippen molar-refractivity contribution >= 4 is 24.2 Å². The van der Waals surface area contributed by atoms with E-state index in [1.807, 2.05) is 47.1 Å². The largest absolute Gasteiger partial charge is 0.497 e. The highest BCUT2D eigenvalue weighted by Crippen LogP contribution is 2.26. The third-order valence-electron chi connectivity index (χ3n) is 6.68. The maximum absolute atomic E-state index is 13.1. The Kier molecular flexibility index (Phi) is 11.1. The fraction of sp³-hybridized carbons (Fsp3) is 0.429. The number of halogens is 1. The highest BCUT2D eigenvalue weighted by molar-refractivity contribution is 5.97. The lowest BCUT2D eigenvalue weighted by Gasteiger charge is -2.34. The summed E-state index contributed by atoms with van der Waals surface area (Å²) in [7, 11) is 3.12. The van der Waals surface area contributed by atoms with Gasteiger partial charge >= 0.3 is 0 Å². The van der Waals surface area contributed by atoms with Crippen molar-refractivity contribution in [2.45, 2.75) is 32.9 Å². The number of hydrogen-bond acceptors (Lipinski definition) is 8. The summed E-state index contributed by atoms with van der Waals surface area (Å²) in [5, 5.41) is 4.10. The van der Waals surface area contributed by atoms with Gasteiger partial charge in [-0.3, -0.25) is 14.5 Å². The van der Waals surface area contributed by atoms with Crippen LogP contribution in [0.2, 0.25) is 0 Å². The first-order valence-electron chi connectivity index (χ1n) is 12.9. The van der Waals surface area contributed by atoms with Gasteiger partial charge in [0.05, 0.1) is 26.3 Å². The van der Waals surface area contributed by atoms with Gasteiger partial charge in [-0.1, -0.05) is 35.5 Å². The number of amides is 2. The monoisotopic (exact) mass is 557 g/mol. The first kappa shape index (κ1) is 29.9. The number of hydrogen-bond donors (Lipinski definition) is 0. The molecule has 11 heteroatoms. The van der Waals surface area contributed by atoms with Crippen LogP contribution in [-0.2, 0) is 24.3 Å². The summed E-state index contributed by atoms with van der Waals surface area (Å²) in [6.07, 6.45) is 0.723. The van der Waals surface area contributed by atoms with Crippen LogP contribution in [0.5, 0.6) is 11.5 Å². The van der Waals surface area contributed by atoms with E-state index in [0.717, 1.165) is 5.56 Å². The molecule has 0 N–H and O–H groups in total. The molecule has 0 saturated carbocycles. The highest BCUT2D eigenvalue weighted by Gasteiger charge is 2.25. The number of aromatic nitrogens is 2. The summed E-state index contributed by atoms with van der Waals surface area (Å²) in [6, 6.07) is 15.2. The topological polar surface area (TPSA) is 101 Å². The van der Waals surface area contributed by atoms with E-state index in [0.29, 0.717) is 87.4 Å². The van der Waals surface area contributed by atoms with Gasteiger partial charge in [-0.25, -0.2) is 0 Å². The number of carbonyl (C=O) groups excluding carboxylic acids is 2. The second kappa shape index (κ2) is 14.5. The van der Waals surface area contributed by atoms with Crippen LogP contribution in [0.25, 0.3) is 0 Å². The molecule has 0 atom stereocenters. The zero-order valence-electron chi connectivity index (χ0n) is 22.7. The van der Waals surface area contributed by atoms with Gasteiger partial charge in [0.1, 0.15) is 11.5 Å². The molecule has 1 fully saturated rings. The lowest BCUT2D eigenvalue weighted by atomic mass is 10.1. The number of nitrogens with zero attached hydrogens (tertiary/aromatic N) is 5. The Morgan fingerprint density at radius 3 is 2.44 bits per heavy atom. The summed E-state index contributed by atoms with van der Waals surface area (Å²) in [5.74, 6) is 2.18. The van der Waals surface area contributed by atoms with Crippen LogP contribution in [0.3, 0.4) is 0 Å². The third-order valence-corrected chi connectivity index (χ3v) is 6.68. The number of benzene rings is 2. The number of rotatable bonds is 11. The second-order valence-corrected chi connectivity index (χ2v) is 9.13. The van der Waals surface area contributed by atoms with Crippen LogP contribution in [0, 0.1) is 0 Å².